The molecule has 0 aliphatic rings. The maximum absolute atomic E-state index is 10.9. The van der Waals surface area contributed by atoms with E-state index in [1.54, 1.807) is 0 Å². The highest BCUT2D eigenvalue weighted by Crippen LogP contribution is 2.35. The van der Waals surface area contributed by atoms with Crippen molar-refractivity contribution in [3.63, 3.8) is 0 Å². The summed E-state index contributed by atoms with van der Waals surface area (Å²) in [6.45, 7) is 0. The molecule has 4 nitrogen and oxygen atoms in total. The molecule has 0 aliphatic heterocycles. The molecule has 2 aromatic heterocycles. The average Bonchev–Trinajstić information content (AvgIpc) is 2.32. The lowest BCUT2D eigenvalue weighted by atomic mass is 10.5. The fourth-order valence-electron chi connectivity index (χ4n) is 0.913. The molecule has 0 saturated heterocycles. The summed E-state index contributed by atoms with van der Waals surface area (Å²) >= 11 is 12.6. The Hall–Kier alpha value is -0.780. The molecular weight excluding hydrogens is 235 g/mol. The number of aromatic amines is 2. The number of aromatic nitrogens is 2. The predicted octanol–water partition coefficient (Wildman–Crippen LogP) is 1.58. The van der Waals surface area contributed by atoms with E-state index in [9.17, 15) is 9.59 Å². The maximum Gasteiger partial charge on any atom is 0.314 e. The molecule has 2 heterocycles. The smallest absolute Gasteiger partial charge is 0.314 e. The van der Waals surface area contributed by atoms with Gasteiger partial charge in [0.1, 0.15) is 9.17 Å². The predicted molar refractivity (Wildman–Crippen MR) is 53.1 cm³/mol. The molecule has 0 aromatic carbocycles. The highest BCUT2D eigenvalue weighted by molar-refractivity contribution is 7.23. The van der Waals surface area contributed by atoms with Crippen molar-refractivity contribution < 1.29 is 0 Å². The topological polar surface area (TPSA) is 65.7 Å². The molecule has 0 unspecified atom stereocenters. The van der Waals surface area contributed by atoms with E-state index in [0.717, 1.165) is 11.3 Å². The number of thiophene rings is 1. The van der Waals surface area contributed by atoms with Gasteiger partial charge in [0.2, 0.25) is 0 Å². The number of H-pyrrole nitrogens is 2. The van der Waals surface area contributed by atoms with Crippen LogP contribution in [0, 0.1) is 0 Å². The average molecular weight is 237 g/mol. The van der Waals surface area contributed by atoms with Gasteiger partial charge < -0.3 is 9.97 Å². The SMILES string of the molecule is O=c1[nH]c2sc(Cl)c(Cl)c2[nH]c1=O. The second-order valence-electron chi connectivity index (χ2n) is 2.30. The number of fused-ring (bicyclic) bond motifs is 1. The van der Waals surface area contributed by atoms with Crippen LogP contribution in [0.1, 0.15) is 0 Å². The first-order chi connectivity index (χ1) is 6.09. The fraction of sp³-hybridized carbons (Fsp3) is 0. The minimum absolute atomic E-state index is 0.259. The first kappa shape index (κ1) is 8.80. The van der Waals surface area contributed by atoms with Crippen LogP contribution in [0.2, 0.25) is 9.36 Å². The Kier molecular flexibility index (Phi) is 1.94. The summed E-state index contributed by atoms with van der Waals surface area (Å²) in [7, 11) is 0. The van der Waals surface area contributed by atoms with Gasteiger partial charge in [0.05, 0.1) is 10.5 Å². The highest BCUT2D eigenvalue weighted by Gasteiger charge is 2.10. The Morgan fingerprint density at radius 2 is 1.69 bits per heavy atom. The number of nitrogens with one attached hydrogen (secondary N) is 2. The summed E-state index contributed by atoms with van der Waals surface area (Å²) in [5.41, 5.74) is -1.06. The number of rotatable bonds is 0. The van der Waals surface area contributed by atoms with Crippen LogP contribution in [0.25, 0.3) is 10.3 Å². The molecule has 0 aliphatic carbocycles. The number of hydrogen-bond donors (Lipinski definition) is 2. The lowest BCUT2D eigenvalue weighted by Gasteiger charge is -1.87. The van der Waals surface area contributed by atoms with Crippen LogP contribution in [0.3, 0.4) is 0 Å². The molecule has 0 saturated carbocycles. The Bertz CT molecular complexity index is 582. The molecule has 2 N–H and O–H groups in total. The van der Waals surface area contributed by atoms with Crippen molar-refractivity contribution in [3.8, 4) is 0 Å². The van der Waals surface area contributed by atoms with Crippen LogP contribution in [-0.2, 0) is 0 Å². The second-order valence-corrected chi connectivity index (χ2v) is 4.30. The Morgan fingerprint density at radius 3 is 2.38 bits per heavy atom. The normalized spacial score (nSPS) is 10.9. The van der Waals surface area contributed by atoms with Crippen LogP contribution in [0.15, 0.2) is 9.59 Å². The molecular formula is C6H2Cl2N2O2S. The number of halogens is 2. The Labute approximate surface area is 85.1 Å². The molecule has 7 heteroatoms. The van der Waals surface area contributed by atoms with E-state index in [1.165, 1.54) is 0 Å². The zero-order chi connectivity index (χ0) is 9.59. The van der Waals surface area contributed by atoms with Crippen molar-refractivity contribution in [2.45, 2.75) is 0 Å². The molecule has 0 amide bonds. The van der Waals surface area contributed by atoms with Crippen molar-refractivity contribution in [2.24, 2.45) is 0 Å². The quantitative estimate of drug-likeness (QED) is 0.683. The first-order valence-electron chi connectivity index (χ1n) is 3.19. The summed E-state index contributed by atoms with van der Waals surface area (Å²) in [4.78, 5) is 27.0. The van der Waals surface area contributed by atoms with E-state index in [1.807, 2.05) is 0 Å². The van der Waals surface area contributed by atoms with Crippen molar-refractivity contribution >= 4 is 44.9 Å². The molecule has 0 radical (unpaired) electrons. The maximum atomic E-state index is 10.9. The van der Waals surface area contributed by atoms with E-state index >= 15 is 0 Å². The lowest BCUT2D eigenvalue weighted by Crippen LogP contribution is -2.28. The van der Waals surface area contributed by atoms with E-state index < -0.39 is 11.1 Å². The lowest BCUT2D eigenvalue weighted by molar-refractivity contribution is 1.16. The molecule has 2 aromatic rings. The van der Waals surface area contributed by atoms with E-state index in [2.05, 4.69) is 9.97 Å². The van der Waals surface area contributed by atoms with Gasteiger partial charge >= 0.3 is 11.1 Å². The summed E-state index contributed by atoms with van der Waals surface area (Å²) in [5.74, 6) is 0. The minimum Gasteiger partial charge on any atom is -0.314 e. The minimum atomic E-state index is -0.733. The zero-order valence-electron chi connectivity index (χ0n) is 5.98. The van der Waals surface area contributed by atoms with Crippen LogP contribution >= 0.6 is 34.5 Å². The largest absolute Gasteiger partial charge is 0.314 e. The molecule has 68 valence electrons. The summed E-state index contributed by atoms with van der Waals surface area (Å²) in [6.07, 6.45) is 0. The monoisotopic (exact) mass is 236 g/mol. The second kappa shape index (κ2) is 2.87. The fourth-order valence-corrected chi connectivity index (χ4v) is 2.32. The van der Waals surface area contributed by atoms with Gasteiger partial charge in [0.25, 0.3) is 0 Å². The molecule has 0 spiro atoms. The van der Waals surface area contributed by atoms with E-state index in [-0.39, 0.29) is 5.02 Å². The van der Waals surface area contributed by atoms with Crippen molar-refractivity contribution in [1.82, 2.24) is 9.97 Å². The van der Waals surface area contributed by atoms with Gasteiger partial charge in [0.15, 0.2) is 0 Å². The van der Waals surface area contributed by atoms with Gasteiger partial charge in [-0.25, -0.2) is 0 Å². The molecule has 0 bridgehead atoms. The van der Waals surface area contributed by atoms with Crippen LogP contribution < -0.4 is 11.1 Å². The van der Waals surface area contributed by atoms with Gasteiger partial charge in [-0.1, -0.05) is 23.2 Å². The van der Waals surface area contributed by atoms with Crippen molar-refractivity contribution in [3.05, 3.63) is 30.1 Å². The van der Waals surface area contributed by atoms with Gasteiger partial charge in [-0.05, 0) is 0 Å². The van der Waals surface area contributed by atoms with Gasteiger partial charge in [-0.3, -0.25) is 9.59 Å². The Balaban J connectivity index is 3.06. The van der Waals surface area contributed by atoms with Crippen LogP contribution in [0.5, 0.6) is 0 Å². The summed E-state index contributed by atoms with van der Waals surface area (Å²) in [5, 5.41) is 0.259. The van der Waals surface area contributed by atoms with Crippen molar-refractivity contribution in [1.29, 1.82) is 0 Å². The Morgan fingerprint density at radius 1 is 1.08 bits per heavy atom. The van der Waals surface area contributed by atoms with Crippen molar-refractivity contribution in [2.75, 3.05) is 0 Å². The zero-order valence-corrected chi connectivity index (χ0v) is 8.31. The van der Waals surface area contributed by atoms with Crippen LogP contribution in [0.4, 0.5) is 0 Å². The van der Waals surface area contributed by atoms with Crippen LogP contribution in [-0.4, -0.2) is 9.97 Å². The van der Waals surface area contributed by atoms with Gasteiger partial charge in [-0.2, -0.15) is 0 Å². The third-order valence-electron chi connectivity index (χ3n) is 1.48. The van der Waals surface area contributed by atoms with E-state index in [0.29, 0.717) is 14.7 Å². The third-order valence-corrected chi connectivity index (χ3v) is 3.38. The summed E-state index contributed by atoms with van der Waals surface area (Å²) < 4.78 is 0.342. The number of hydrogen-bond acceptors (Lipinski definition) is 3. The first-order valence-corrected chi connectivity index (χ1v) is 4.77. The van der Waals surface area contributed by atoms with E-state index in [4.69, 9.17) is 23.2 Å². The van der Waals surface area contributed by atoms with Gasteiger partial charge in [-0.15, -0.1) is 11.3 Å². The molecule has 2 rings (SSSR count). The summed E-state index contributed by atoms with van der Waals surface area (Å²) in [6, 6.07) is 0. The molecule has 0 atom stereocenters. The van der Waals surface area contributed by atoms with Gasteiger partial charge in [0, 0.05) is 0 Å². The molecule has 13 heavy (non-hydrogen) atoms. The molecule has 0 fully saturated rings. The third kappa shape index (κ3) is 1.29. The highest BCUT2D eigenvalue weighted by atomic mass is 35.5. The standard InChI is InChI=1S/C6H2Cl2N2O2S/c7-1-2-6(13-3(1)8)10-5(12)4(11)9-2/h(H,9,11)(H,10,12).